The van der Waals surface area contributed by atoms with Gasteiger partial charge in [-0.1, -0.05) is 38.1 Å². The van der Waals surface area contributed by atoms with Crippen molar-refractivity contribution >= 4 is 10.2 Å². The van der Waals surface area contributed by atoms with Crippen LogP contribution in [0.2, 0.25) is 0 Å². The lowest BCUT2D eigenvalue weighted by Gasteiger charge is -2.32. The summed E-state index contributed by atoms with van der Waals surface area (Å²) < 4.78 is 34.4. The van der Waals surface area contributed by atoms with Crippen molar-refractivity contribution in [2.75, 3.05) is 26.3 Å². The Morgan fingerprint density at radius 2 is 1.78 bits per heavy atom. The molecule has 1 aliphatic carbocycles. The van der Waals surface area contributed by atoms with E-state index in [1.165, 1.54) is 5.56 Å². The number of morpholine rings is 1. The molecule has 0 bridgehead atoms. The second-order valence-electron chi connectivity index (χ2n) is 6.69. The number of ether oxygens (including phenoxy) is 1. The molecule has 1 aromatic rings. The van der Waals surface area contributed by atoms with E-state index in [0.717, 1.165) is 18.4 Å². The third-order valence-corrected chi connectivity index (χ3v) is 6.57. The van der Waals surface area contributed by atoms with Crippen molar-refractivity contribution in [2.45, 2.75) is 45.2 Å². The normalized spacial score (nSPS) is 20.3. The Morgan fingerprint density at radius 3 is 2.30 bits per heavy atom. The van der Waals surface area contributed by atoms with Crippen LogP contribution in [0.3, 0.4) is 0 Å². The first-order chi connectivity index (χ1) is 11.0. The van der Waals surface area contributed by atoms with Crippen molar-refractivity contribution in [3.05, 3.63) is 35.4 Å². The Balaban J connectivity index is 1.76. The highest BCUT2D eigenvalue weighted by molar-refractivity contribution is 7.86. The molecular formula is C17H26N2O3S. The van der Waals surface area contributed by atoms with Gasteiger partial charge in [-0.3, -0.25) is 0 Å². The SMILES string of the molecule is CC(C)c1ccc(CN(C2CC2)S(=O)(=O)N2CCOCC2)cc1. The fourth-order valence-electron chi connectivity index (χ4n) is 2.88. The first-order valence-electron chi connectivity index (χ1n) is 8.42. The molecule has 2 fully saturated rings. The number of hydrogen-bond donors (Lipinski definition) is 0. The average Bonchev–Trinajstić information content (AvgIpc) is 3.38. The minimum absolute atomic E-state index is 0.160. The van der Waals surface area contributed by atoms with Crippen molar-refractivity contribution in [3.63, 3.8) is 0 Å². The zero-order valence-electron chi connectivity index (χ0n) is 13.9. The van der Waals surface area contributed by atoms with Crippen molar-refractivity contribution in [3.8, 4) is 0 Å². The molecule has 0 spiro atoms. The molecule has 1 aliphatic heterocycles. The molecule has 5 nitrogen and oxygen atoms in total. The maximum atomic E-state index is 12.9. The molecule has 3 rings (SSSR count). The average molecular weight is 338 g/mol. The predicted octanol–water partition coefficient (Wildman–Crippen LogP) is 2.35. The highest BCUT2D eigenvalue weighted by Gasteiger charge is 2.40. The Morgan fingerprint density at radius 1 is 1.17 bits per heavy atom. The summed E-state index contributed by atoms with van der Waals surface area (Å²) in [6, 6.07) is 8.48. The van der Waals surface area contributed by atoms with Gasteiger partial charge in [0.1, 0.15) is 0 Å². The van der Waals surface area contributed by atoms with Gasteiger partial charge in [-0.2, -0.15) is 17.0 Å². The number of benzene rings is 1. The van der Waals surface area contributed by atoms with Crippen LogP contribution < -0.4 is 0 Å². The van der Waals surface area contributed by atoms with Crippen LogP contribution in [0.15, 0.2) is 24.3 Å². The van der Waals surface area contributed by atoms with Gasteiger partial charge in [0, 0.05) is 25.7 Å². The summed E-state index contributed by atoms with van der Waals surface area (Å²) in [6.45, 7) is 6.67. The van der Waals surface area contributed by atoms with Gasteiger partial charge >= 0.3 is 0 Å². The molecule has 0 N–H and O–H groups in total. The van der Waals surface area contributed by atoms with Gasteiger partial charge in [-0.05, 0) is 29.9 Å². The largest absolute Gasteiger partial charge is 0.379 e. The topological polar surface area (TPSA) is 49.9 Å². The predicted molar refractivity (Wildman–Crippen MR) is 90.4 cm³/mol. The minimum atomic E-state index is -3.40. The monoisotopic (exact) mass is 338 g/mol. The highest BCUT2D eigenvalue weighted by atomic mass is 32.2. The van der Waals surface area contributed by atoms with Crippen LogP contribution in [0.25, 0.3) is 0 Å². The van der Waals surface area contributed by atoms with Crippen LogP contribution in [0, 0.1) is 0 Å². The zero-order chi connectivity index (χ0) is 16.4. The molecule has 2 aliphatic rings. The van der Waals surface area contributed by atoms with Gasteiger partial charge in [-0.25, -0.2) is 0 Å². The molecule has 23 heavy (non-hydrogen) atoms. The lowest BCUT2D eigenvalue weighted by molar-refractivity contribution is 0.0698. The first kappa shape index (κ1) is 16.9. The van der Waals surface area contributed by atoms with Crippen LogP contribution in [0.1, 0.15) is 43.7 Å². The van der Waals surface area contributed by atoms with E-state index in [0.29, 0.717) is 38.8 Å². The summed E-state index contributed by atoms with van der Waals surface area (Å²) in [7, 11) is -3.40. The number of nitrogens with zero attached hydrogens (tertiary/aromatic N) is 2. The minimum Gasteiger partial charge on any atom is -0.379 e. The molecule has 1 saturated heterocycles. The Labute approximate surface area is 139 Å². The van der Waals surface area contributed by atoms with Gasteiger partial charge in [0.2, 0.25) is 0 Å². The molecule has 128 valence electrons. The van der Waals surface area contributed by atoms with E-state index in [1.54, 1.807) is 8.61 Å². The van der Waals surface area contributed by atoms with Gasteiger partial charge < -0.3 is 4.74 Å². The lowest BCUT2D eigenvalue weighted by Crippen LogP contribution is -2.49. The van der Waals surface area contributed by atoms with Crippen molar-refractivity contribution in [2.24, 2.45) is 0 Å². The van der Waals surface area contributed by atoms with E-state index in [-0.39, 0.29) is 6.04 Å². The quantitative estimate of drug-likeness (QED) is 0.800. The third-order valence-electron chi connectivity index (χ3n) is 4.53. The smallest absolute Gasteiger partial charge is 0.282 e. The van der Waals surface area contributed by atoms with Crippen LogP contribution in [0.4, 0.5) is 0 Å². The molecule has 0 atom stereocenters. The molecule has 0 amide bonds. The van der Waals surface area contributed by atoms with Crippen LogP contribution in [-0.2, 0) is 21.5 Å². The molecule has 1 saturated carbocycles. The maximum absolute atomic E-state index is 12.9. The van der Waals surface area contributed by atoms with Gasteiger partial charge in [-0.15, -0.1) is 0 Å². The standard InChI is InChI=1S/C17H26N2O3S/c1-14(2)16-5-3-15(4-6-16)13-19(17-7-8-17)23(20,21)18-9-11-22-12-10-18/h3-6,14,17H,7-13H2,1-2H3. The van der Waals surface area contributed by atoms with Crippen LogP contribution >= 0.6 is 0 Å². The summed E-state index contributed by atoms with van der Waals surface area (Å²) in [4.78, 5) is 0. The molecule has 0 aromatic heterocycles. The number of rotatable bonds is 6. The van der Waals surface area contributed by atoms with E-state index >= 15 is 0 Å². The van der Waals surface area contributed by atoms with Gasteiger partial charge in [0.25, 0.3) is 10.2 Å². The zero-order valence-corrected chi connectivity index (χ0v) is 14.8. The molecule has 1 heterocycles. The maximum Gasteiger partial charge on any atom is 0.282 e. The Kier molecular flexibility index (Phi) is 5.06. The lowest BCUT2D eigenvalue weighted by atomic mass is 10.0. The van der Waals surface area contributed by atoms with Gasteiger partial charge in [0.15, 0.2) is 0 Å². The molecule has 0 radical (unpaired) electrons. The van der Waals surface area contributed by atoms with Crippen molar-refractivity contribution in [1.82, 2.24) is 8.61 Å². The second-order valence-corrected chi connectivity index (χ2v) is 8.57. The first-order valence-corrected chi connectivity index (χ1v) is 9.81. The molecular weight excluding hydrogens is 312 g/mol. The summed E-state index contributed by atoms with van der Waals surface area (Å²) in [5.41, 5.74) is 2.33. The van der Waals surface area contributed by atoms with E-state index < -0.39 is 10.2 Å². The Bertz CT molecular complexity index is 618. The summed E-state index contributed by atoms with van der Waals surface area (Å²) in [6.07, 6.45) is 1.93. The summed E-state index contributed by atoms with van der Waals surface area (Å²) >= 11 is 0. The van der Waals surface area contributed by atoms with Crippen LogP contribution in [-0.4, -0.2) is 49.4 Å². The van der Waals surface area contributed by atoms with Crippen LogP contribution in [0.5, 0.6) is 0 Å². The Hall–Kier alpha value is -0.950. The van der Waals surface area contributed by atoms with Gasteiger partial charge in [0.05, 0.1) is 13.2 Å². The fraction of sp³-hybridized carbons (Fsp3) is 0.647. The van der Waals surface area contributed by atoms with Crippen molar-refractivity contribution < 1.29 is 13.2 Å². The van der Waals surface area contributed by atoms with E-state index in [9.17, 15) is 8.42 Å². The van der Waals surface area contributed by atoms with Crippen molar-refractivity contribution in [1.29, 1.82) is 0 Å². The summed E-state index contributed by atoms with van der Waals surface area (Å²) in [5.74, 6) is 0.487. The summed E-state index contributed by atoms with van der Waals surface area (Å²) in [5, 5.41) is 0. The fourth-order valence-corrected chi connectivity index (χ4v) is 4.68. The molecule has 0 unspecified atom stereocenters. The third kappa shape index (κ3) is 3.94. The van der Waals surface area contributed by atoms with E-state index in [4.69, 9.17) is 4.74 Å². The van der Waals surface area contributed by atoms with E-state index in [2.05, 4.69) is 38.1 Å². The molecule has 1 aromatic carbocycles. The number of hydrogen-bond acceptors (Lipinski definition) is 3. The van der Waals surface area contributed by atoms with E-state index in [1.807, 2.05) is 0 Å². The highest BCUT2D eigenvalue weighted by Crippen LogP contribution is 2.32. The molecule has 6 heteroatoms. The second kappa shape index (κ2) is 6.89.